The molecule has 1 heterocycles. The molecule has 0 amide bonds. The fourth-order valence-corrected chi connectivity index (χ4v) is 12.6. The van der Waals surface area contributed by atoms with Crippen LogP contribution in [0, 0.1) is 11.8 Å². The third-order valence-electron chi connectivity index (χ3n) is 9.41. The van der Waals surface area contributed by atoms with Crippen LogP contribution >= 0.6 is 7.29 Å². The number of carbonyl (C=O) groups is 1. The highest BCUT2D eigenvalue weighted by molar-refractivity contribution is 7.71. The Morgan fingerprint density at radius 3 is 2.45 bits per heavy atom. The monoisotopic (exact) mass is 517 g/mol. The van der Waals surface area contributed by atoms with Gasteiger partial charge in [0, 0.05) is 30.1 Å². The number of nitrogens with zero attached hydrogens (tertiary/aromatic N) is 1. The van der Waals surface area contributed by atoms with Crippen LogP contribution in [0.15, 0.2) is 103 Å². The quantitative estimate of drug-likeness (QED) is 0.261. The van der Waals surface area contributed by atoms with Crippen LogP contribution < -0.4 is 5.30 Å². The Bertz CT molecular complexity index is 1620. The van der Waals surface area contributed by atoms with Gasteiger partial charge in [-0.05, 0) is 59.3 Å². The summed E-state index contributed by atoms with van der Waals surface area (Å²) in [6.45, 7) is 0. The van der Waals surface area contributed by atoms with E-state index in [-0.39, 0.29) is 17.9 Å². The van der Waals surface area contributed by atoms with Gasteiger partial charge in [-0.2, -0.15) is 0 Å². The molecule has 1 saturated heterocycles. The predicted molar refractivity (Wildman–Crippen MR) is 156 cm³/mol. The first-order valence-electron chi connectivity index (χ1n) is 13.7. The van der Waals surface area contributed by atoms with Crippen LogP contribution in [0.4, 0.5) is 0 Å². The number of fused-ring (bicyclic) bond motifs is 4. The van der Waals surface area contributed by atoms with Crippen molar-refractivity contribution < 1.29 is 9.36 Å². The Balaban J connectivity index is 1.62. The van der Waals surface area contributed by atoms with Crippen molar-refractivity contribution in [1.29, 1.82) is 0 Å². The summed E-state index contributed by atoms with van der Waals surface area (Å²) in [6.07, 6.45) is 7.44. The lowest BCUT2D eigenvalue weighted by atomic mass is 9.64. The molecule has 0 aromatic heterocycles. The highest BCUT2D eigenvalue weighted by Crippen LogP contribution is 2.81. The Morgan fingerprint density at radius 2 is 1.61 bits per heavy atom. The van der Waals surface area contributed by atoms with E-state index in [0.29, 0.717) is 18.6 Å². The number of carbonyl (C=O) groups excluding carboxylic acids is 1. The Kier molecular flexibility index (Phi) is 5.58. The molecule has 0 radical (unpaired) electrons. The largest absolute Gasteiger partial charge is 0.300 e. The van der Waals surface area contributed by atoms with Gasteiger partial charge in [-0.1, -0.05) is 103 Å². The van der Waals surface area contributed by atoms with E-state index in [1.165, 1.54) is 5.56 Å². The Hall–Kier alpha value is -3.26. The minimum absolute atomic E-state index is 0.000754. The van der Waals surface area contributed by atoms with E-state index in [4.69, 9.17) is 0 Å². The Labute approximate surface area is 224 Å². The number of benzene rings is 4. The van der Waals surface area contributed by atoms with Crippen molar-refractivity contribution in [2.24, 2.45) is 11.8 Å². The molecule has 1 aliphatic heterocycles. The molecule has 190 valence electrons. The number of ketones is 1. The van der Waals surface area contributed by atoms with Crippen LogP contribution in [0.2, 0.25) is 0 Å². The van der Waals surface area contributed by atoms with Crippen molar-refractivity contribution in [1.82, 2.24) is 4.67 Å². The maximum atomic E-state index is 16.6. The van der Waals surface area contributed by atoms with Gasteiger partial charge >= 0.3 is 0 Å². The number of hydrogen-bond acceptors (Lipinski definition) is 2. The normalized spacial score (nSPS) is 30.8. The van der Waals surface area contributed by atoms with Crippen LogP contribution in [0.5, 0.6) is 0 Å². The van der Waals surface area contributed by atoms with Crippen LogP contribution in [0.3, 0.4) is 0 Å². The highest BCUT2D eigenvalue weighted by atomic mass is 31.2. The van der Waals surface area contributed by atoms with Crippen LogP contribution in [0.1, 0.15) is 48.4 Å². The molecule has 4 aromatic rings. The fraction of sp³-hybridized carbons (Fsp3) is 0.265. The SMILES string of the molecule is CN1[C@H](c2ccccc2)[C@@H]2C=Cc3ccccc3[C@]2([C@H]2CCCC(=O)C2)P1(=O)c1cccc2ccccc12. The number of Topliss-reactive ketones (excluding diaryl/α,β-unsaturated/α-hetero) is 1. The standard InChI is InChI=1S/C34H32NO2P/c1-35-33(26-13-3-2-4-14-26)31-22-21-25-12-6-8-19-30(25)34(31,27-16-10-17-28(36)23-27)38(35,37)32-20-9-15-24-11-5-7-18-29(24)32/h2-9,11-15,18-22,27,31,33H,10,16-17,23H2,1H3/t27-,31-,33+,34-,38?/m0/s1. The first-order chi connectivity index (χ1) is 18.6. The first kappa shape index (κ1) is 23.8. The van der Waals surface area contributed by atoms with Crippen LogP contribution in [0.25, 0.3) is 16.8 Å². The molecule has 4 aromatic carbocycles. The van der Waals surface area contributed by atoms with Crippen LogP contribution in [-0.4, -0.2) is 17.5 Å². The summed E-state index contributed by atoms with van der Waals surface area (Å²) in [4.78, 5) is 13.1. The highest BCUT2D eigenvalue weighted by Gasteiger charge is 2.70. The summed E-state index contributed by atoms with van der Waals surface area (Å²) in [5.74, 6) is 0.281. The van der Waals surface area contributed by atoms with Crippen molar-refractivity contribution in [3.63, 3.8) is 0 Å². The Morgan fingerprint density at radius 1 is 0.868 bits per heavy atom. The number of hydrogen-bond donors (Lipinski definition) is 0. The van der Waals surface area contributed by atoms with Crippen molar-refractivity contribution in [2.75, 3.05) is 7.05 Å². The molecule has 2 fully saturated rings. The molecule has 4 heteroatoms. The van der Waals surface area contributed by atoms with Crippen molar-refractivity contribution >= 4 is 35.2 Å². The fourth-order valence-electron chi connectivity index (χ4n) is 7.98. The zero-order valence-corrected chi connectivity index (χ0v) is 22.6. The first-order valence-corrected chi connectivity index (χ1v) is 15.4. The average Bonchev–Trinajstić information content (AvgIpc) is 3.18. The molecule has 2 aliphatic carbocycles. The van der Waals surface area contributed by atoms with Gasteiger partial charge in [-0.25, -0.2) is 4.67 Å². The molecule has 0 N–H and O–H groups in total. The molecule has 5 atom stereocenters. The summed E-state index contributed by atoms with van der Waals surface area (Å²) in [5, 5.41) is 2.37. The van der Waals surface area contributed by atoms with E-state index in [1.54, 1.807) is 0 Å². The lowest BCUT2D eigenvalue weighted by Gasteiger charge is -2.49. The molecule has 38 heavy (non-hydrogen) atoms. The van der Waals surface area contributed by atoms with Gasteiger partial charge in [0.1, 0.15) is 5.78 Å². The second kappa shape index (κ2) is 8.90. The summed E-state index contributed by atoms with van der Waals surface area (Å²) < 4.78 is 18.8. The molecule has 3 aliphatic rings. The van der Waals surface area contributed by atoms with E-state index in [9.17, 15) is 4.79 Å². The van der Waals surface area contributed by atoms with Gasteiger partial charge < -0.3 is 4.57 Å². The van der Waals surface area contributed by atoms with Gasteiger partial charge in [-0.3, -0.25) is 4.79 Å². The maximum absolute atomic E-state index is 16.6. The van der Waals surface area contributed by atoms with Gasteiger partial charge in [-0.15, -0.1) is 0 Å². The van der Waals surface area contributed by atoms with E-state index in [0.717, 1.165) is 40.0 Å². The van der Waals surface area contributed by atoms with Gasteiger partial charge in [0.2, 0.25) is 0 Å². The molecule has 0 bridgehead atoms. The molecule has 7 rings (SSSR count). The van der Waals surface area contributed by atoms with Crippen molar-refractivity contribution in [2.45, 2.75) is 36.9 Å². The van der Waals surface area contributed by atoms with E-state index in [2.05, 4.69) is 103 Å². The van der Waals surface area contributed by atoms with Gasteiger partial charge in [0.05, 0.1) is 5.16 Å². The van der Waals surface area contributed by atoms with Gasteiger partial charge in [0.25, 0.3) is 0 Å². The second-order valence-corrected chi connectivity index (χ2v) is 14.1. The molecular weight excluding hydrogens is 485 g/mol. The second-order valence-electron chi connectivity index (χ2n) is 11.1. The lowest BCUT2D eigenvalue weighted by molar-refractivity contribution is -0.122. The maximum Gasteiger partial charge on any atom is 0.190 e. The summed E-state index contributed by atoms with van der Waals surface area (Å²) >= 11 is 0. The summed E-state index contributed by atoms with van der Waals surface area (Å²) in [7, 11) is -1.27. The van der Waals surface area contributed by atoms with Crippen molar-refractivity contribution in [3.8, 4) is 0 Å². The zero-order valence-electron chi connectivity index (χ0n) is 21.7. The molecule has 1 saturated carbocycles. The van der Waals surface area contributed by atoms with Crippen molar-refractivity contribution in [3.05, 3.63) is 120 Å². The van der Waals surface area contributed by atoms with E-state index >= 15 is 4.57 Å². The lowest BCUT2D eigenvalue weighted by Crippen LogP contribution is -2.45. The topological polar surface area (TPSA) is 37.4 Å². The predicted octanol–water partition coefficient (Wildman–Crippen LogP) is 7.73. The van der Waals surface area contributed by atoms with E-state index < -0.39 is 12.4 Å². The molecule has 0 spiro atoms. The third kappa shape index (κ3) is 3.12. The molecule has 1 unspecified atom stereocenters. The number of rotatable bonds is 3. The smallest absolute Gasteiger partial charge is 0.190 e. The average molecular weight is 518 g/mol. The summed E-state index contributed by atoms with van der Waals surface area (Å²) in [6, 6.07) is 33.6. The summed E-state index contributed by atoms with van der Waals surface area (Å²) in [5.41, 5.74) is 3.45. The zero-order chi connectivity index (χ0) is 25.9. The van der Waals surface area contributed by atoms with E-state index in [1.807, 2.05) is 18.2 Å². The van der Waals surface area contributed by atoms with Crippen LogP contribution in [-0.2, 0) is 14.5 Å². The third-order valence-corrected chi connectivity index (χ3v) is 13.5. The minimum Gasteiger partial charge on any atom is -0.300 e. The molecular formula is C34H32NO2P. The minimum atomic E-state index is -3.34. The molecule has 3 nitrogen and oxygen atoms in total. The van der Waals surface area contributed by atoms with Gasteiger partial charge in [0.15, 0.2) is 7.29 Å².